The third-order valence-corrected chi connectivity index (χ3v) is 4.14. The lowest BCUT2D eigenvalue weighted by Crippen LogP contribution is -2.56. The lowest BCUT2D eigenvalue weighted by Gasteiger charge is -2.21. The Balaban J connectivity index is 1.93. The number of benzene rings is 1. The second kappa shape index (κ2) is 10.2. The van der Waals surface area contributed by atoms with Crippen molar-refractivity contribution in [1.29, 1.82) is 0 Å². The van der Waals surface area contributed by atoms with Crippen LogP contribution in [0.25, 0.3) is 0 Å². The summed E-state index contributed by atoms with van der Waals surface area (Å²) >= 11 is 0. The van der Waals surface area contributed by atoms with Crippen LogP contribution in [0, 0.1) is 0 Å². The minimum atomic E-state index is -1.36. The molecule has 0 aliphatic rings. The van der Waals surface area contributed by atoms with Crippen molar-refractivity contribution in [2.45, 2.75) is 31.0 Å². The van der Waals surface area contributed by atoms with Gasteiger partial charge in [-0.1, -0.05) is 12.1 Å². The maximum absolute atomic E-state index is 12.3. The van der Waals surface area contributed by atoms with Gasteiger partial charge in [0.1, 0.15) is 17.8 Å². The molecule has 11 nitrogen and oxygen atoms in total. The van der Waals surface area contributed by atoms with Crippen LogP contribution in [0.4, 0.5) is 0 Å². The second-order valence-corrected chi connectivity index (χ2v) is 6.40. The molecule has 0 bridgehead atoms. The smallest absolute Gasteiger partial charge is 0.326 e. The molecule has 0 saturated carbocycles. The van der Waals surface area contributed by atoms with Gasteiger partial charge in [-0.2, -0.15) is 0 Å². The first-order valence-electron chi connectivity index (χ1n) is 8.75. The number of aromatic amines is 1. The van der Waals surface area contributed by atoms with Gasteiger partial charge in [0.15, 0.2) is 0 Å². The number of hydrogen-bond acceptors (Lipinski definition) is 7. The summed E-state index contributed by atoms with van der Waals surface area (Å²) in [6.45, 7) is -0.736. The third-order valence-electron chi connectivity index (χ3n) is 4.14. The van der Waals surface area contributed by atoms with E-state index in [1.54, 1.807) is 12.1 Å². The SMILES string of the molecule is NC(Cc1ccc(O)cc1)C(=O)NC(CO)C(=O)NC(Cc1cnc[nH]1)C(=O)O. The number of carboxylic acid groups (broad SMARTS) is 1. The van der Waals surface area contributed by atoms with Crippen LogP contribution in [0.15, 0.2) is 36.8 Å². The average Bonchev–Trinajstić information content (AvgIpc) is 3.20. The predicted octanol–water partition coefficient (Wildman–Crippen LogP) is -1.73. The highest BCUT2D eigenvalue weighted by molar-refractivity contribution is 5.92. The number of H-pyrrole nitrogens is 1. The van der Waals surface area contributed by atoms with Crippen molar-refractivity contribution < 1.29 is 29.7 Å². The van der Waals surface area contributed by atoms with E-state index >= 15 is 0 Å². The topological polar surface area (TPSA) is 191 Å². The molecule has 1 heterocycles. The van der Waals surface area contributed by atoms with Crippen LogP contribution in [0.3, 0.4) is 0 Å². The molecule has 0 saturated heterocycles. The largest absolute Gasteiger partial charge is 0.508 e. The van der Waals surface area contributed by atoms with E-state index in [1.165, 1.54) is 24.7 Å². The fourth-order valence-corrected chi connectivity index (χ4v) is 2.54. The Morgan fingerprint density at radius 1 is 1.07 bits per heavy atom. The average molecular weight is 405 g/mol. The molecule has 1 aromatic carbocycles. The van der Waals surface area contributed by atoms with Gasteiger partial charge in [-0.15, -0.1) is 0 Å². The van der Waals surface area contributed by atoms with Crippen molar-refractivity contribution >= 4 is 17.8 Å². The first-order chi connectivity index (χ1) is 13.8. The van der Waals surface area contributed by atoms with Crippen molar-refractivity contribution in [3.05, 3.63) is 48.0 Å². The molecule has 3 atom stereocenters. The number of nitrogens with zero attached hydrogens (tertiary/aromatic N) is 1. The zero-order chi connectivity index (χ0) is 21.4. The molecule has 156 valence electrons. The van der Waals surface area contributed by atoms with Crippen LogP contribution in [-0.2, 0) is 27.2 Å². The zero-order valence-electron chi connectivity index (χ0n) is 15.4. The number of hydrogen-bond donors (Lipinski definition) is 7. The number of carboxylic acids is 1. The van der Waals surface area contributed by atoms with E-state index in [2.05, 4.69) is 20.6 Å². The molecular weight excluding hydrogens is 382 g/mol. The Hall–Kier alpha value is -3.44. The highest BCUT2D eigenvalue weighted by Gasteiger charge is 2.28. The molecule has 3 unspecified atom stereocenters. The van der Waals surface area contributed by atoms with Gasteiger partial charge < -0.3 is 36.7 Å². The van der Waals surface area contributed by atoms with Gasteiger partial charge >= 0.3 is 5.97 Å². The van der Waals surface area contributed by atoms with E-state index in [9.17, 15) is 29.7 Å². The Morgan fingerprint density at radius 3 is 2.28 bits per heavy atom. The Kier molecular flexibility index (Phi) is 7.69. The number of phenolic OH excluding ortho intramolecular Hbond substituents is 1. The minimum absolute atomic E-state index is 0.0481. The van der Waals surface area contributed by atoms with Crippen molar-refractivity contribution in [1.82, 2.24) is 20.6 Å². The van der Waals surface area contributed by atoms with Gasteiger partial charge in [0.2, 0.25) is 11.8 Å². The Bertz CT molecular complexity index is 824. The summed E-state index contributed by atoms with van der Waals surface area (Å²) in [6.07, 6.45) is 2.90. The zero-order valence-corrected chi connectivity index (χ0v) is 15.4. The van der Waals surface area contributed by atoms with Crippen molar-refractivity contribution in [2.75, 3.05) is 6.61 Å². The van der Waals surface area contributed by atoms with E-state index in [0.717, 1.165) is 0 Å². The van der Waals surface area contributed by atoms with Crippen LogP contribution < -0.4 is 16.4 Å². The van der Waals surface area contributed by atoms with Crippen LogP contribution in [0.1, 0.15) is 11.3 Å². The van der Waals surface area contributed by atoms with Crippen molar-refractivity contribution in [3.8, 4) is 5.75 Å². The highest BCUT2D eigenvalue weighted by atomic mass is 16.4. The van der Waals surface area contributed by atoms with E-state index in [0.29, 0.717) is 11.3 Å². The molecule has 0 aliphatic heterocycles. The molecule has 0 spiro atoms. The first kappa shape index (κ1) is 21.9. The van der Waals surface area contributed by atoms with Gasteiger partial charge in [-0.3, -0.25) is 9.59 Å². The van der Waals surface area contributed by atoms with Crippen LogP contribution in [0.5, 0.6) is 5.75 Å². The number of aliphatic carboxylic acids is 1. The summed E-state index contributed by atoms with van der Waals surface area (Å²) in [6, 6.07) is 2.46. The number of imidazole rings is 1. The van der Waals surface area contributed by atoms with Gasteiger partial charge in [0.05, 0.1) is 19.0 Å². The molecule has 11 heteroatoms. The first-order valence-corrected chi connectivity index (χ1v) is 8.75. The summed E-state index contributed by atoms with van der Waals surface area (Å²) in [5.74, 6) is -2.75. The number of aromatic hydroxyl groups is 1. The normalized spacial score (nSPS) is 13.9. The van der Waals surface area contributed by atoms with Crippen molar-refractivity contribution in [2.24, 2.45) is 5.73 Å². The Morgan fingerprint density at radius 2 is 1.72 bits per heavy atom. The minimum Gasteiger partial charge on any atom is -0.508 e. The molecule has 2 rings (SSSR count). The molecule has 2 aromatic rings. The van der Waals surface area contributed by atoms with Crippen LogP contribution in [-0.4, -0.2) is 67.8 Å². The number of aromatic nitrogens is 2. The standard InChI is InChI=1S/C18H23N5O6/c19-13(5-10-1-3-12(25)4-2-10)16(26)23-15(8-24)17(27)22-14(18(28)29)6-11-7-20-9-21-11/h1-4,7,9,13-15,24-25H,5-6,8,19H2,(H,20,21)(H,22,27)(H,23,26)(H,28,29). The van der Waals surface area contributed by atoms with Crippen LogP contribution in [0.2, 0.25) is 0 Å². The lowest BCUT2D eigenvalue weighted by atomic mass is 10.1. The fourth-order valence-electron chi connectivity index (χ4n) is 2.54. The highest BCUT2D eigenvalue weighted by Crippen LogP contribution is 2.11. The van der Waals surface area contributed by atoms with Gasteiger partial charge in [0, 0.05) is 18.3 Å². The number of aliphatic hydroxyl groups excluding tert-OH is 1. The summed E-state index contributed by atoms with van der Waals surface area (Å²) in [4.78, 5) is 42.5. The summed E-state index contributed by atoms with van der Waals surface area (Å²) in [5.41, 5.74) is 7.03. The molecule has 0 radical (unpaired) electrons. The van der Waals surface area contributed by atoms with Gasteiger partial charge in [-0.05, 0) is 24.1 Å². The summed E-state index contributed by atoms with van der Waals surface area (Å²) < 4.78 is 0. The lowest BCUT2D eigenvalue weighted by molar-refractivity contribution is -0.142. The predicted molar refractivity (Wildman–Crippen MR) is 101 cm³/mol. The molecule has 1 aromatic heterocycles. The van der Waals surface area contributed by atoms with Crippen LogP contribution >= 0.6 is 0 Å². The van der Waals surface area contributed by atoms with E-state index in [1.807, 2.05) is 0 Å². The summed E-state index contributed by atoms with van der Waals surface area (Å²) in [5, 5.41) is 32.6. The number of amides is 2. The molecule has 29 heavy (non-hydrogen) atoms. The molecule has 2 amide bonds. The maximum Gasteiger partial charge on any atom is 0.326 e. The molecule has 8 N–H and O–H groups in total. The third kappa shape index (κ3) is 6.59. The van der Waals surface area contributed by atoms with Crippen molar-refractivity contribution in [3.63, 3.8) is 0 Å². The fraction of sp³-hybridized carbons (Fsp3) is 0.333. The molecule has 0 fully saturated rings. The maximum atomic E-state index is 12.3. The Labute approximate surface area is 166 Å². The van der Waals surface area contributed by atoms with Gasteiger partial charge in [-0.25, -0.2) is 9.78 Å². The summed E-state index contributed by atoms with van der Waals surface area (Å²) in [7, 11) is 0. The monoisotopic (exact) mass is 405 g/mol. The second-order valence-electron chi connectivity index (χ2n) is 6.40. The number of carbonyl (C=O) groups excluding carboxylic acids is 2. The number of aliphatic hydroxyl groups is 1. The molecule has 0 aliphatic carbocycles. The number of nitrogens with two attached hydrogens (primary N) is 1. The van der Waals surface area contributed by atoms with E-state index < -0.39 is 42.5 Å². The van der Waals surface area contributed by atoms with E-state index in [-0.39, 0.29) is 18.6 Å². The quantitative estimate of drug-likeness (QED) is 0.242. The number of nitrogens with one attached hydrogen (secondary N) is 3. The number of phenols is 1. The molecular formula is C18H23N5O6. The van der Waals surface area contributed by atoms with E-state index in [4.69, 9.17) is 5.73 Å². The number of carbonyl (C=O) groups is 3. The number of rotatable bonds is 10. The van der Waals surface area contributed by atoms with Gasteiger partial charge in [0.25, 0.3) is 0 Å².